The van der Waals surface area contributed by atoms with Crippen LogP contribution in [0.4, 0.5) is 0 Å². The lowest BCUT2D eigenvalue weighted by Crippen LogP contribution is -2.28. The number of rotatable bonds is 2. The average molecular weight is 242 g/mol. The molecule has 0 fully saturated rings. The van der Waals surface area contributed by atoms with Gasteiger partial charge in [0.2, 0.25) is 0 Å². The van der Waals surface area contributed by atoms with E-state index in [1.165, 1.54) is 10.8 Å². The van der Waals surface area contributed by atoms with Crippen LogP contribution in [0, 0.1) is 0 Å². The van der Waals surface area contributed by atoms with Gasteiger partial charge in [-0.3, -0.25) is 0 Å². The van der Waals surface area contributed by atoms with Gasteiger partial charge < -0.3 is 0 Å². The Labute approximate surface area is 102 Å². The number of hydrogen-bond acceptors (Lipinski definition) is 0. The summed E-state index contributed by atoms with van der Waals surface area (Å²) >= 11 is 0. The van der Waals surface area contributed by atoms with Gasteiger partial charge in [0.05, 0.1) is 17.6 Å². The van der Waals surface area contributed by atoms with E-state index >= 15 is 0 Å². The van der Waals surface area contributed by atoms with Crippen LogP contribution in [0.1, 0.15) is 0 Å². The van der Waals surface area contributed by atoms with Crippen LogP contribution in [0.15, 0.2) is 36.4 Å². The van der Waals surface area contributed by atoms with Gasteiger partial charge >= 0.3 is 0 Å². The third-order valence-corrected chi connectivity index (χ3v) is 6.03. The molecule has 0 spiro atoms. The summed E-state index contributed by atoms with van der Waals surface area (Å²) in [4.78, 5) is 0. The van der Waals surface area contributed by atoms with Crippen LogP contribution >= 0.6 is 0 Å². The summed E-state index contributed by atoms with van der Waals surface area (Å²) in [5, 5.41) is 6.13. The molecule has 2 radical (unpaired) electrons. The van der Waals surface area contributed by atoms with Crippen LogP contribution in [-0.4, -0.2) is 17.6 Å². The normalized spacial score (nSPS) is 11.6. The monoisotopic (exact) mass is 242 g/mol. The molecule has 0 bridgehead atoms. The molecule has 0 amide bonds. The van der Waals surface area contributed by atoms with E-state index in [-0.39, 0.29) is 17.6 Å². The molecule has 0 aliphatic carbocycles. The van der Waals surface area contributed by atoms with Crippen LogP contribution < -0.4 is 10.4 Å². The summed E-state index contributed by atoms with van der Waals surface area (Å²) in [5.74, 6) is 0. The van der Waals surface area contributed by atoms with Crippen molar-refractivity contribution >= 4 is 38.7 Å². The molecule has 16 heavy (non-hydrogen) atoms. The average Bonchev–Trinajstić information content (AvgIpc) is 2.27. The fraction of sp³-hybridized carbons (Fsp3) is 0.286. The molecule has 0 atom stereocenters. The quantitative estimate of drug-likeness (QED) is 0.711. The molecule has 82 valence electrons. The summed E-state index contributed by atoms with van der Waals surface area (Å²) in [5.41, 5.74) is 0. The van der Waals surface area contributed by atoms with Crippen LogP contribution in [0.25, 0.3) is 10.8 Å². The van der Waals surface area contributed by atoms with Crippen LogP contribution in [0.5, 0.6) is 0 Å². The fourth-order valence-electron chi connectivity index (χ4n) is 2.18. The maximum atomic E-state index is 2.37. The zero-order chi connectivity index (χ0) is 11.7. The first-order valence-corrected chi connectivity index (χ1v) is 10.7. The van der Waals surface area contributed by atoms with Crippen molar-refractivity contribution < 1.29 is 0 Å². The van der Waals surface area contributed by atoms with Crippen LogP contribution in [0.2, 0.25) is 26.2 Å². The van der Waals surface area contributed by atoms with Gasteiger partial charge in [-0.15, -0.1) is 0 Å². The van der Waals surface area contributed by atoms with E-state index in [9.17, 15) is 0 Å². The van der Waals surface area contributed by atoms with Crippen molar-refractivity contribution in [2.24, 2.45) is 0 Å². The summed E-state index contributed by atoms with van der Waals surface area (Å²) in [7, 11) is -0.735. The largest absolute Gasteiger partial charge is 0.0799 e. The lowest BCUT2D eigenvalue weighted by Gasteiger charge is -2.13. The first kappa shape index (κ1) is 11.6. The molecular formula is C14H18Si2. The SMILES string of the molecule is C[Si](C)c1cccc2c([Si](C)C)cccc12. The number of fused-ring (bicyclic) bond motifs is 1. The van der Waals surface area contributed by atoms with Gasteiger partial charge in [-0.2, -0.15) is 0 Å². The van der Waals surface area contributed by atoms with Crippen LogP contribution in [0.3, 0.4) is 0 Å². The van der Waals surface area contributed by atoms with Crippen molar-refractivity contribution in [3.05, 3.63) is 36.4 Å². The molecule has 0 N–H and O–H groups in total. The highest BCUT2D eigenvalue weighted by atomic mass is 28.3. The predicted molar refractivity (Wildman–Crippen MR) is 78.2 cm³/mol. The lowest BCUT2D eigenvalue weighted by molar-refractivity contribution is 1.78. The fourth-order valence-corrected chi connectivity index (χ4v) is 4.55. The minimum absolute atomic E-state index is 0.368. The van der Waals surface area contributed by atoms with Crippen molar-refractivity contribution in [3.8, 4) is 0 Å². The topological polar surface area (TPSA) is 0 Å². The molecule has 2 rings (SSSR count). The molecule has 0 nitrogen and oxygen atoms in total. The van der Waals surface area contributed by atoms with Crippen molar-refractivity contribution in [3.63, 3.8) is 0 Å². The van der Waals surface area contributed by atoms with Crippen molar-refractivity contribution in [1.82, 2.24) is 0 Å². The van der Waals surface area contributed by atoms with Crippen molar-refractivity contribution in [2.75, 3.05) is 0 Å². The number of hydrogen-bond donors (Lipinski definition) is 0. The second-order valence-corrected chi connectivity index (χ2v) is 9.78. The Morgan fingerprint density at radius 2 is 1.00 bits per heavy atom. The Balaban J connectivity index is 2.76. The Kier molecular flexibility index (Phi) is 3.31. The molecule has 0 aliphatic heterocycles. The summed E-state index contributed by atoms with van der Waals surface area (Å²) in [6, 6.07) is 13.6. The molecule has 2 heteroatoms. The van der Waals surface area contributed by atoms with Gasteiger partial charge in [-0.25, -0.2) is 0 Å². The van der Waals surface area contributed by atoms with E-state index in [2.05, 4.69) is 62.6 Å². The third kappa shape index (κ3) is 1.99. The van der Waals surface area contributed by atoms with Crippen molar-refractivity contribution in [2.45, 2.75) is 26.2 Å². The van der Waals surface area contributed by atoms with Crippen molar-refractivity contribution in [1.29, 1.82) is 0 Å². The Bertz CT molecular complexity index is 454. The summed E-state index contributed by atoms with van der Waals surface area (Å²) < 4.78 is 0. The zero-order valence-electron chi connectivity index (χ0n) is 10.5. The van der Waals surface area contributed by atoms with Gasteiger partial charge in [0.15, 0.2) is 0 Å². The molecule has 0 saturated carbocycles. The maximum absolute atomic E-state index is 2.37. The first-order valence-electron chi connectivity index (χ1n) is 5.74. The summed E-state index contributed by atoms with van der Waals surface area (Å²) in [6.45, 7) is 9.48. The van der Waals surface area contributed by atoms with E-state index in [1.807, 2.05) is 0 Å². The van der Waals surface area contributed by atoms with Gasteiger partial charge in [0.1, 0.15) is 0 Å². The second kappa shape index (κ2) is 4.56. The molecule has 2 aromatic rings. The first-order chi connectivity index (χ1) is 7.61. The molecule has 0 aromatic heterocycles. The maximum Gasteiger partial charge on any atom is 0.0799 e. The molecule has 0 aliphatic rings. The van der Waals surface area contributed by atoms with E-state index in [0.29, 0.717) is 0 Å². The lowest BCUT2D eigenvalue weighted by atomic mass is 10.1. The highest BCUT2D eigenvalue weighted by molar-refractivity contribution is 6.75. The van der Waals surface area contributed by atoms with Gasteiger partial charge in [-0.1, -0.05) is 73.0 Å². The molecule has 2 aromatic carbocycles. The Hall–Kier alpha value is -0.866. The molecule has 0 saturated heterocycles. The molecule has 0 heterocycles. The molecular weight excluding hydrogens is 224 g/mol. The third-order valence-electron chi connectivity index (χ3n) is 3.00. The minimum atomic E-state index is -0.368. The second-order valence-electron chi connectivity index (χ2n) is 4.71. The minimum Gasteiger partial charge on any atom is -0.0671 e. The predicted octanol–water partition coefficient (Wildman–Crippen LogP) is 2.76. The highest BCUT2D eigenvalue weighted by Crippen LogP contribution is 2.11. The smallest absolute Gasteiger partial charge is 0.0671 e. The van der Waals surface area contributed by atoms with E-state index in [1.54, 1.807) is 10.4 Å². The number of benzene rings is 2. The standard InChI is InChI=1S/C14H18Si2/c1-15(2)13-9-5-8-12-11(13)7-6-10-14(12)16(3)4/h5-10H,1-4H3. The van der Waals surface area contributed by atoms with Gasteiger partial charge in [-0.05, 0) is 10.8 Å². The Morgan fingerprint density at radius 1 is 0.625 bits per heavy atom. The zero-order valence-corrected chi connectivity index (χ0v) is 12.5. The van der Waals surface area contributed by atoms with Crippen LogP contribution in [-0.2, 0) is 0 Å². The molecule has 0 unspecified atom stereocenters. The van der Waals surface area contributed by atoms with Gasteiger partial charge in [0, 0.05) is 0 Å². The summed E-state index contributed by atoms with van der Waals surface area (Å²) in [6.07, 6.45) is 0. The van der Waals surface area contributed by atoms with E-state index in [0.717, 1.165) is 0 Å². The Morgan fingerprint density at radius 3 is 1.31 bits per heavy atom. The van der Waals surface area contributed by atoms with Gasteiger partial charge in [0.25, 0.3) is 0 Å². The van der Waals surface area contributed by atoms with E-state index < -0.39 is 0 Å². The van der Waals surface area contributed by atoms with E-state index in [4.69, 9.17) is 0 Å². The highest BCUT2D eigenvalue weighted by Gasteiger charge is 2.10.